The molecule has 2 aromatic heterocycles. The number of H-pyrrole nitrogens is 1. The number of aromatic amines is 1. The van der Waals surface area contributed by atoms with Crippen LogP contribution in [0.3, 0.4) is 0 Å². The summed E-state index contributed by atoms with van der Waals surface area (Å²) in [6.07, 6.45) is 3.50. The molecule has 1 amide bonds. The third kappa shape index (κ3) is 2.38. The molecule has 2 heterocycles. The highest BCUT2D eigenvalue weighted by Crippen LogP contribution is 2.21. The van der Waals surface area contributed by atoms with Crippen molar-refractivity contribution in [3.05, 3.63) is 59.0 Å². The maximum absolute atomic E-state index is 12.2. The standard InChI is InChI=1S/C15H12ClN3O/c1-9-6-13(14(16)18-8-9)19-15(20)11-3-2-10-4-5-17-12(10)7-11/h2-8,17H,1H3,(H,19,20). The van der Waals surface area contributed by atoms with Gasteiger partial charge in [-0.2, -0.15) is 0 Å². The number of aromatic nitrogens is 2. The van der Waals surface area contributed by atoms with Gasteiger partial charge in [-0.05, 0) is 42.1 Å². The van der Waals surface area contributed by atoms with Crippen molar-refractivity contribution in [1.29, 1.82) is 0 Å². The van der Waals surface area contributed by atoms with Gasteiger partial charge in [0.15, 0.2) is 5.15 Å². The molecule has 0 atom stereocenters. The third-order valence-corrected chi connectivity index (χ3v) is 3.34. The molecule has 4 nitrogen and oxygen atoms in total. The second-order valence-electron chi connectivity index (χ2n) is 4.58. The molecule has 1 aromatic carbocycles. The first-order valence-electron chi connectivity index (χ1n) is 6.14. The molecule has 0 unspecified atom stereocenters. The van der Waals surface area contributed by atoms with E-state index in [1.807, 2.05) is 31.3 Å². The molecule has 5 heteroatoms. The Morgan fingerprint density at radius 1 is 1.30 bits per heavy atom. The third-order valence-electron chi connectivity index (χ3n) is 3.04. The maximum Gasteiger partial charge on any atom is 0.255 e. The Labute approximate surface area is 120 Å². The lowest BCUT2D eigenvalue weighted by Gasteiger charge is -2.07. The number of nitrogens with zero attached hydrogens (tertiary/aromatic N) is 1. The topological polar surface area (TPSA) is 57.8 Å². The number of carbonyl (C=O) groups is 1. The van der Waals surface area contributed by atoms with Gasteiger partial charge in [0.25, 0.3) is 5.91 Å². The van der Waals surface area contributed by atoms with E-state index < -0.39 is 0 Å². The van der Waals surface area contributed by atoms with Gasteiger partial charge in [0.1, 0.15) is 0 Å². The van der Waals surface area contributed by atoms with Crippen molar-refractivity contribution in [1.82, 2.24) is 9.97 Å². The van der Waals surface area contributed by atoms with Crippen molar-refractivity contribution in [2.24, 2.45) is 0 Å². The lowest BCUT2D eigenvalue weighted by Crippen LogP contribution is -2.12. The number of hydrogen-bond acceptors (Lipinski definition) is 2. The lowest BCUT2D eigenvalue weighted by atomic mass is 10.1. The number of halogens is 1. The molecule has 0 fully saturated rings. The maximum atomic E-state index is 12.2. The minimum atomic E-state index is -0.212. The van der Waals surface area contributed by atoms with E-state index in [4.69, 9.17) is 11.6 Å². The Bertz CT molecular complexity index is 795. The lowest BCUT2D eigenvalue weighted by molar-refractivity contribution is 0.102. The second kappa shape index (κ2) is 4.98. The van der Waals surface area contributed by atoms with Crippen molar-refractivity contribution in [3.63, 3.8) is 0 Å². The number of amides is 1. The van der Waals surface area contributed by atoms with E-state index in [1.54, 1.807) is 18.3 Å². The van der Waals surface area contributed by atoms with Crippen LogP contribution in [0.5, 0.6) is 0 Å². The summed E-state index contributed by atoms with van der Waals surface area (Å²) in [5, 5.41) is 4.13. The molecule has 0 aliphatic rings. The zero-order valence-electron chi connectivity index (χ0n) is 10.8. The summed E-state index contributed by atoms with van der Waals surface area (Å²) < 4.78 is 0. The molecule has 100 valence electrons. The molecule has 0 bridgehead atoms. The van der Waals surface area contributed by atoms with E-state index in [1.165, 1.54) is 0 Å². The number of rotatable bonds is 2. The fourth-order valence-electron chi connectivity index (χ4n) is 2.02. The average Bonchev–Trinajstić information content (AvgIpc) is 2.90. The molecule has 0 saturated heterocycles. The molecule has 0 spiro atoms. The van der Waals surface area contributed by atoms with E-state index in [2.05, 4.69) is 15.3 Å². The highest BCUT2D eigenvalue weighted by atomic mass is 35.5. The van der Waals surface area contributed by atoms with Crippen LogP contribution >= 0.6 is 11.6 Å². The summed E-state index contributed by atoms with van der Waals surface area (Å²) >= 11 is 5.97. The van der Waals surface area contributed by atoms with Crippen molar-refractivity contribution < 1.29 is 4.79 Å². The quantitative estimate of drug-likeness (QED) is 0.704. The Morgan fingerprint density at radius 3 is 3.00 bits per heavy atom. The highest BCUT2D eigenvalue weighted by Gasteiger charge is 2.10. The van der Waals surface area contributed by atoms with Crippen LogP contribution in [0.15, 0.2) is 42.7 Å². The van der Waals surface area contributed by atoms with Gasteiger partial charge in [-0.1, -0.05) is 17.7 Å². The van der Waals surface area contributed by atoms with Gasteiger partial charge in [0, 0.05) is 23.5 Å². The van der Waals surface area contributed by atoms with Crippen molar-refractivity contribution >= 4 is 34.1 Å². The molecular formula is C15H12ClN3O. The van der Waals surface area contributed by atoms with Gasteiger partial charge in [0.2, 0.25) is 0 Å². The summed E-state index contributed by atoms with van der Waals surface area (Å²) in [5.74, 6) is -0.212. The van der Waals surface area contributed by atoms with Crippen molar-refractivity contribution in [3.8, 4) is 0 Å². The minimum absolute atomic E-state index is 0.212. The predicted molar refractivity (Wildman–Crippen MR) is 80.2 cm³/mol. The largest absolute Gasteiger partial charge is 0.361 e. The molecule has 0 saturated carbocycles. The Balaban J connectivity index is 1.90. The SMILES string of the molecule is Cc1cnc(Cl)c(NC(=O)c2ccc3cc[nH]c3c2)c1. The van der Waals surface area contributed by atoms with Crippen LogP contribution in [-0.4, -0.2) is 15.9 Å². The second-order valence-corrected chi connectivity index (χ2v) is 4.94. The van der Waals surface area contributed by atoms with Crippen LogP contribution in [0.1, 0.15) is 15.9 Å². The number of aryl methyl sites for hydroxylation is 1. The predicted octanol–water partition coefficient (Wildman–Crippen LogP) is 3.78. The van der Waals surface area contributed by atoms with Crippen molar-refractivity contribution in [2.45, 2.75) is 6.92 Å². The van der Waals surface area contributed by atoms with Crippen molar-refractivity contribution in [2.75, 3.05) is 5.32 Å². The number of anilines is 1. The minimum Gasteiger partial charge on any atom is -0.361 e. The zero-order valence-corrected chi connectivity index (χ0v) is 11.5. The van der Waals surface area contributed by atoms with E-state index in [-0.39, 0.29) is 11.1 Å². The Kier molecular flexibility index (Phi) is 3.16. The molecule has 3 rings (SSSR count). The van der Waals surface area contributed by atoms with Gasteiger partial charge in [0.05, 0.1) is 5.69 Å². The molecule has 20 heavy (non-hydrogen) atoms. The van der Waals surface area contributed by atoms with Gasteiger partial charge in [-0.25, -0.2) is 4.98 Å². The fraction of sp³-hybridized carbons (Fsp3) is 0.0667. The molecule has 3 aromatic rings. The first-order chi connectivity index (χ1) is 9.63. The van der Waals surface area contributed by atoms with E-state index >= 15 is 0 Å². The van der Waals surface area contributed by atoms with Gasteiger partial charge < -0.3 is 10.3 Å². The molecular weight excluding hydrogens is 274 g/mol. The average molecular weight is 286 g/mol. The number of carbonyl (C=O) groups excluding carboxylic acids is 1. The summed E-state index contributed by atoms with van der Waals surface area (Å²) in [7, 11) is 0. The Morgan fingerprint density at radius 2 is 2.15 bits per heavy atom. The van der Waals surface area contributed by atoms with E-state index in [0.717, 1.165) is 16.5 Å². The first kappa shape index (κ1) is 12.7. The fourth-order valence-corrected chi connectivity index (χ4v) is 2.17. The number of benzene rings is 1. The summed E-state index contributed by atoms with van der Waals surface area (Å²) in [4.78, 5) is 19.3. The van der Waals surface area contributed by atoms with E-state index in [0.29, 0.717) is 11.3 Å². The van der Waals surface area contributed by atoms with Crippen LogP contribution in [0, 0.1) is 6.92 Å². The van der Waals surface area contributed by atoms with Gasteiger partial charge in [-0.3, -0.25) is 4.79 Å². The smallest absolute Gasteiger partial charge is 0.255 e. The highest BCUT2D eigenvalue weighted by molar-refractivity contribution is 6.32. The zero-order chi connectivity index (χ0) is 14.1. The Hall–Kier alpha value is -2.33. The van der Waals surface area contributed by atoms with Crippen LogP contribution in [0.2, 0.25) is 5.15 Å². The molecule has 0 radical (unpaired) electrons. The number of nitrogens with one attached hydrogen (secondary N) is 2. The van der Waals surface area contributed by atoms with Crippen LogP contribution in [-0.2, 0) is 0 Å². The van der Waals surface area contributed by atoms with Gasteiger partial charge in [-0.15, -0.1) is 0 Å². The van der Waals surface area contributed by atoms with E-state index in [9.17, 15) is 4.79 Å². The summed E-state index contributed by atoms with van der Waals surface area (Å²) in [6.45, 7) is 1.89. The number of fused-ring (bicyclic) bond motifs is 1. The molecule has 0 aliphatic heterocycles. The molecule has 0 aliphatic carbocycles. The normalized spacial score (nSPS) is 10.7. The first-order valence-corrected chi connectivity index (χ1v) is 6.52. The summed E-state index contributed by atoms with van der Waals surface area (Å²) in [5.41, 5.74) is 2.94. The number of pyridine rings is 1. The van der Waals surface area contributed by atoms with Gasteiger partial charge >= 0.3 is 0 Å². The number of hydrogen-bond donors (Lipinski definition) is 2. The summed E-state index contributed by atoms with van der Waals surface area (Å²) in [6, 6.07) is 9.24. The van der Waals surface area contributed by atoms with Crippen LogP contribution < -0.4 is 5.32 Å². The van der Waals surface area contributed by atoms with Crippen LogP contribution in [0.25, 0.3) is 10.9 Å². The molecule has 2 N–H and O–H groups in total. The van der Waals surface area contributed by atoms with Crippen LogP contribution in [0.4, 0.5) is 5.69 Å². The monoisotopic (exact) mass is 285 g/mol.